The smallest absolute Gasteiger partial charge is 0.270 e. The maximum Gasteiger partial charge on any atom is 0.270 e. The SMILES string of the molecule is CCN(c1ccccc1F)S(=O)(=O)c1cc2n(c1)CCCN(C)C2=O. The molecule has 1 aliphatic rings. The largest absolute Gasteiger partial charge is 0.342 e. The van der Waals surface area contributed by atoms with E-state index in [1.54, 1.807) is 29.5 Å². The van der Waals surface area contributed by atoms with Crippen LogP contribution in [0, 0.1) is 5.82 Å². The number of para-hydroxylation sites is 1. The van der Waals surface area contributed by atoms with Gasteiger partial charge in [0.2, 0.25) is 0 Å². The van der Waals surface area contributed by atoms with E-state index in [1.807, 2.05) is 0 Å². The molecule has 0 spiro atoms. The molecule has 134 valence electrons. The number of carbonyl (C=O) groups is 1. The maximum atomic E-state index is 14.1. The Morgan fingerprint density at radius 1 is 1.24 bits per heavy atom. The van der Waals surface area contributed by atoms with E-state index >= 15 is 0 Å². The van der Waals surface area contributed by atoms with Crippen LogP contribution in [-0.4, -0.2) is 43.9 Å². The summed E-state index contributed by atoms with van der Waals surface area (Å²) in [5, 5.41) is 0. The molecule has 3 rings (SSSR count). The molecule has 0 N–H and O–H groups in total. The van der Waals surface area contributed by atoms with E-state index in [0.717, 1.165) is 10.7 Å². The monoisotopic (exact) mass is 365 g/mol. The van der Waals surface area contributed by atoms with Crippen molar-refractivity contribution < 1.29 is 17.6 Å². The summed E-state index contributed by atoms with van der Waals surface area (Å²) in [7, 11) is -2.28. The first-order chi connectivity index (χ1) is 11.9. The number of anilines is 1. The van der Waals surface area contributed by atoms with Crippen LogP contribution in [0.25, 0.3) is 0 Å². The van der Waals surface area contributed by atoms with Gasteiger partial charge in [-0.2, -0.15) is 0 Å². The summed E-state index contributed by atoms with van der Waals surface area (Å²) >= 11 is 0. The molecule has 1 aromatic carbocycles. The molecule has 8 heteroatoms. The fourth-order valence-corrected chi connectivity index (χ4v) is 4.54. The molecule has 0 aliphatic carbocycles. The summed E-state index contributed by atoms with van der Waals surface area (Å²) < 4.78 is 42.8. The van der Waals surface area contributed by atoms with Crippen molar-refractivity contribution in [1.82, 2.24) is 9.47 Å². The predicted octanol–water partition coefficient (Wildman–Crippen LogP) is 2.32. The van der Waals surface area contributed by atoms with Gasteiger partial charge in [0.25, 0.3) is 15.9 Å². The zero-order valence-electron chi connectivity index (χ0n) is 14.1. The molecule has 25 heavy (non-hydrogen) atoms. The lowest BCUT2D eigenvalue weighted by molar-refractivity contribution is 0.0796. The van der Waals surface area contributed by atoms with Gasteiger partial charge in [-0.3, -0.25) is 9.10 Å². The Bertz CT molecular complexity index is 908. The van der Waals surface area contributed by atoms with E-state index in [1.165, 1.54) is 30.5 Å². The van der Waals surface area contributed by atoms with Gasteiger partial charge in [0, 0.05) is 32.9 Å². The molecule has 2 heterocycles. The lowest BCUT2D eigenvalue weighted by Gasteiger charge is -2.22. The number of sulfonamides is 1. The number of hydrogen-bond donors (Lipinski definition) is 0. The van der Waals surface area contributed by atoms with Crippen molar-refractivity contribution in [2.75, 3.05) is 24.4 Å². The summed E-state index contributed by atoms with van der Waals surface area (Å²) in [6.07, 6.45) is 2.21. The van der Waals surface area contributed by atoms with E-state index in [0.29, 0.717) is 18.8 Å². The van der Waals surface area contributed by atoms with Crippen LogP contribution in [0.5, 0.6) is 0 Å². The Kier molecular flexibility index (Phi) is 4.55. The highest BCUT2D eigenvalue weighted by atomic mass is 32.2. The van der Waals surface area contributed by atoms with Crippen molar-refractivity contribution in [1.29, 1.82) is 0 Å². The van der Waals surface area contributed by atoms with Crippen LogP contribution < -0.4 is 4.31 Å². The molecule has 0 bridgehead atoms. The molecule has 1 aliphatic heterocycles. The molecule has 1 aromatic heterocycles. The summed E-state index contributed by atoms with van der Waals surface area (Å²) in [5.41, 5.74) is 0.331. The Labute approximate surface area is 146 Å². The zero-order chi connectivity index (χ0) is 18.2. The fourth-order valence-electron chi connectivity index (χ4n) is 3.02. The highest BCUT2D eigenvalue weighted by Crippen LogP contribution is 2.28. The molecular weight excluding hydrogens is 345 g/mol. The van der Waals surface area contributed by atoms with E-state index in [4.69, 9.17) is 0 Å². The third kappa shape index (κ3) is 3.02. The van der Waals surface area contributed by atoms with Gasteiger partial charge in [-0.05, 0) is 31.5 Å². The van der Waals surface area contributed by atoms with Gasteiger partial charge in [0.05, 0.1) is 5.69 Å². The fraction of sp³-hybridized carbons (Fsp3) is 0.353. The third-order valence-corrected chi connectivity index (χ3v) is 6.18. The van der Waals surface area contributed by atoms with Gasteiger partial charge < -0.3 is 9.47 Å². The Hall–Kier alpha value is -2.35. The Morgan fingerprint density at radius 2 is 1.96 bits per heavy atom. The van der Waals surface area contributed by atoms with Crippen LogP contribution >= 0.6 is 0 Å². The lowest BCUT2D eigenvalue weighted by Crippen LogP contribution is -2.31. The van der Waals surface area contributed by atoms with Crippen molar-refractivity contribution >= 4 is 21.6 Å². The van der Waals surface area contributed by atoms with Crippen LogP contribution in [0.4, 0.5) is 10.1 Å². The van der Waals surface area contributed by atoms with Gasteiger partial charge in [-0.1, -0.05) is 12.1 Å². The molecule has 2 aromatic rings. The van der Waals surface area contributed by atoms with Crippen molar-refractivity contribution in [3.8, 4) is 0 Å². The zero-order valence-corrected chi connectivity index (χ0v) is 15.0. The van der Waals surface area contributed by atoms with Gasteiger partial charge in [0.1, 0.15) is 16.4 Å². The van der Waals surface area contributed by atoms with Crippen LogP contribution in [0.2, 0.25) is 0 Å². The topological polar surface area (TPSA) is 62.6 Å². The number of benzene rings is 1. The number of aryl methyl sites for hydroxylation is 1. The highest BCUT2D eigenvalue weighted by Gasteiger charge is 2.30. The second-order valence-electron chi connectivity index (χ2n) is 5.96. The first-order valence-corrected chi connectivity index (χ1v) is 9.53. The molecule has 0 saturated carbocycles. The molecular formula is C17H20FN3O3S. The number of fused-ring (bicyclic) bond motifs is 1. The van der Waals surface area contributed by atoms with Crippen molar-refractivity contribution in [3.05, 3.63) is 48.0 Å². The van der Waals surface area contributed by atoms with Gasteiger partial charge in [0.15, 0.2) is 0 Å². The number of hydrogen-bond acceptors (Lipinski definition) is 3. The van der Waals surface area contributed by atoms with Gasteiger partial charge >= 0.3 is 0 Å². The van der Waals surface area contributed by atoms with Crippen molar-refractivity contribution in [2.24, 2.45) is 0 Å². The second kappa shape index (κ2) is 6.51. The normalized spacial score (nSPS) is 15.0. The molecule has 0 atom stereocenters. The lowest BCUT2D eigenvalue weighted by atomic mass is 10.3. The number of halogens is 1. The first-order valence-electron chi connectivity index (χ1n) is 8.09. The van der Waals surface area contributed by atoms with Crippen molar-refractivity contribution in [2.45, 2.75) is 24.8 Å². The van der Waals surface area contributed by atoms with Crippen molar-refractivity contribution in [3.63, 3.8) is 0 Å². The average Bonchev–Trinajstić information content (AvgIpc) is 2.96. The number of amides is 1. The molecule has 0 radical (unpaired) electrons. The van der Waals surface area contributed by atoms with Gasteiger partial charge in [-0.25, -0.2) is 12.8 Å². The Morgan fingerprint density at radius 3 is 2.64 bits per heavy atom. The Balaban J connectivity index is 2.06. The van der Waals surface area contributed by atoms with E-state index < -0.39 is 15.8 Å². The minimum Gasteiger partial charge on any atom is -0.342 e. The third-order valence-electron chi connectivity index (χ3n) is 4.33. The van der Waals surface area contributed by atoms with E-state index in [-0.39, 0.29) is 23.0 Å². The molecule has 0 unspecified atom stereocenters. The summed E-state index contributed by atoms with van der Waals surface area (Å²) in [4.78, 5) is 13.9. The predicted molar refractivity (Wildman–Crippen MR) is 92.6 cm³/mol. The molecule has 0 saturated heterocycles. The van der Waals surface area contributed by atoms with E-state index in [2.05, 4.69) is 0 Å². The number of nitrogens with zero attached hydrogens (tertiary/aromatic N) is 3. The first kappa shape index (κ1) is 17.5. The number of aromatic nitrogens is 1. The van der Waals surface area contributed by atoms with E-state index in [9.17, 15) is 17.6 Å². The van der Waals surface area contributed by atoms with Crippen LogP contribution in [0.1, 0.15) is 23.8 Å². The standard InChI is InChI=1S/C17H20FN3O3S/c1-3-21(15-8-5-4-7-14(15)18)25(23,24)13-11-16-17(22)19(2)9-6-10-20(16)12-13/h4-5,7-8,11-12H,3,6,9-10H2,1-2H3. The van der Waals surface area contributed by atoms with Crippen LogP contribution in [0.3, 0.4) is 0 Å². The highest BCUT2D eigenvalue weighted by molar-refractivity contribution is 7.92. The van der Waals surface area contributed by atoms with Gasteiger partial charge in [-0.15, -0.1) is 0 Å². The molecule has 6 nitrogen and oxygen atoms in total. The summed E-state index contributed by atoms with van der Waals surface area (Å²) in [6, 6.07) is 7.12. The number of rotatable bonds is 4. The quantitative estimate of drug-likeness (QED) is 0.835. The molecule has 0 fully saturated rings. The minimum atomic E-state index is -3.97. The average molecular weight is 365 g/mol. The van der Waals surface area contributed by atoms with Crippen LogP contribution in [-0.2, 0) is 16.6 Å². The molecule has 1 amide bonds. The number of carbonyl (C=O) groups excluding carboxylic acids is 1. The minimum absolute atomic E-state index is 0.00347. The maximum absolute atomic E-state index is 14.1. The summed E-state index contributed by atoms with van der Waals surface area (Å²) in [5.74, 6) is -0.822. The second-order valence-corrected chi connectivity index (χ2v) is 7.82. The summed E-state index contributed by atoms with van der Waals surface area (Å²) in [6.45, 7) is 2.91. The van der Waals surface area contributed by atoms with Crippen LogP contribution in [0.15, 0.2) is 41.4 Å².